The Bertz CT molecular complexity index is 272. The van der Waals surface area contributed by atoms with E-state index in [0.29, 0.717) is 5.56 Å². The molecule has 0 atom stereocenters. The van der Waals surface area contributed by atoms with Crippen molar-refractivity contribution >= 4 is 5.69 Å². The van der Waals surface area contributed by atoms with Crippen molar-refractivity contribution in [3.8, 4) is 0 Å². The first kappa shape index (κ1) is 7.68. The molecule has 1 aromatic rings. The molecule has 0 spiro atoms. The Hall–Kier alpha value is -1.42. The van der Waals surface area contributed by atoms with Crippen molar-refractivity contribution < 1.29 is 10.0 Å². The number of aliphatic hydroxyl groups excluding tert-OH is 1. The first-order chi connectivity index (χ1) is 5.24. The highest BCUT2D eigenvalue weighted by Gasteiger charge is 2.03. The van der Waals surface area contributed by atoms with Gasteiger partial charge in [-0.2, -0.15) is 0 Å². The first-order valence-electron chi connectivity index (χ1n) is 3.08. The summed E-state index contributed by atoms with van der Waals surface area (Å²) < 4.78 is 0. The van der Waals surface area contributed by atoms with Crippen LogP contribution in [-0.2, 0) is 6.61 Å². The van der Waals surface area contributed by atoms with E-state index >= 15 is 0 Å². The van der Waals surface area contributed by atoms with Gasteiger partial charge < -0.3 is 5.11 Å². The standard InChI is InChI=1S/C7H7NO3/c9-5-6-2-1-3-7(4-6)8(10)11/h1-4,9H,5H2/i9+2. The molecular formula is C7H7NO3. The molecule has 1 aromatic carbocycles. The molecule has 0 aliphatic carbocycles. The summed E-state index contributed by atoms with van der Waals surface area (Å²) in [5, 5.41) is 18.8. The highest BCUT2D eigenvalue weighted by Crippen LogP contribution is 2.12. The van der Waals surface area contributed by atoms with Crippen LogP contribution in [0.3, 0.4) is 0 Å². The molecule has 0 aliphatic heterocycles. The highest BCUT2D eigenvalue weighted by atomic mass is 18.2. The van der Waals surface area contributed by atoms with Crippen molar-refractivity contribution in [3.63, 3.8) is 0 Å². The molecule has 11 heavy (non-hydrogen) atoms. The summed E-state index contributed by atoms with van der Waals surface area (Å²) in [6.45, 7) is -0.165. The minimum Gasteiger partial charge on any atom is -0.392 e. The molecule has 4 nitrogen and oxygen atoms in total. The second-order valence-corrected chi connectivity index (χ2v) is 2.09. The smallest absolute Gasteiger partial charge is 0.269 e. The maximum atomic E-state index is 10.2. The zero-order valence-electron chi connectivity index (χ0n) is 5.73. The molecule has 4 heteroatoms. The predicted octanol–water partition coefficient (Wildman–Crippen LogP) is 1.09. The van der Waals surface area contributed by atoms with Crippen molar-refractivity contribution in [3.05, 3.63) is 39.9 Å². The van der Waals surface area contributed by atoms with E-state index in [4.69, 9.17) is 5.11 Å². The van der Waals surface area contributed by atoms with Crippen LogP contribution in [-0.4, -0.2) is 10.0 Å². The normalized spacial score (nSPS) is 9.55. The molecule has 0 unspecified atom stereocenters. The number of nitrogens with zero attached hydrogens (tertiary/aromatic N) is 1. The van der Waals surface area contributed by atoms with Crippen LogP contribution in [0.2, 0.25) is 0 Å². The summed E-state index contributed by atoms with van der Waals surface area (Å²) in [4.78, 5) is 9.71. The van der Waals surface area contributed by atoms with Gasteiger partial charge >= 0.3 is 0 Å². The van der Waals surface area contributed by atoms with Crippen LogP contribution in [0.5, 0.6) is 0 Å². The van der Waals surface area contributed by atoms with E-state index in [9.17, 15) is 10.1 Å². The first-order valence-corrected chi connectivity index (χ1v) is 3.08. The van der Waals surface area contributed by atoms with Gasteiger partial charge in [-0.25, -0.2) is 0 Å². The molecule has 0 amide bonds. The number of hydrogen-bond acceptors (Lipinski definition) is 3. The fourth-order valence-electron chi connectivity index (χ4n) is 0.768. The van der Waals surface area contributed by atoms with Crippen molar-refractivity contribution in [1.29, 1.82) is 0 Å². The van der Waals surface area contributed by atoms with Gasteiger partial charge in [0.1, 0.15) is 0 Å². The van der Waals surface area contributed by atoms with Crippen molar-refractivity contribution in [2.75, 3.05) is 0 Å². The summed E-state index contributed by atoms with van der Waals surface area (Å²) in [7, 11) is 0. The van der Waals surface area contributed by atoms with Gasteiger partial charge in [0, 0.05) is 12.1 Å². The van der Waals surface area contributed by atoms with Gasteiger partial charge in [0.05, 0.1) is 11.5 Å². The summed E-state index contributed by atoms with van der Waals surface area (Å²) >= 11 is 0. The number of aliphatic hydroxyl groups is 1. The number of non-ortho nitro benzene ring substituents is 1. The summed E-state index contributed by atoms with van der Waals surface area (Å²) in [5.41, 5.74) is 0.566. The quantitative estimate of drug-likeness (QED) is 0.395. The predicted molar refractivity (Wildman–Crippen MR) is 39.0 cm³/mol. The Morgan fingerprint density at radius 3 is 2.82 bits per heavy atom. The largest absolute Gasteiger partial charge is 0.392 e. The Labute approximate surface area is 63.2 Å². The van der Waals surface area contributed by atoms with E-state index in [1.54, 1.807) is 12.1 Å². The SMILES string of the molecule is O=[N+]([O-])c1cccc(C[18OH])c1. The van der Waals surface area contributed by atoms with Gasteiger partial charge in [0.2, 0.25) is 0 Å². The van der Waals surface area contributed by atoms with E-state index in [0.717, 1.165) is 0 Å². The fraction of sp³-hybridized carbons (Fsp3) is 0.143. The Balaban J connectivity index is 3.01. The average Bonchev–Trinajstić information content (AvgIpc) is 2.05. The van der Waals surface area contributed by atoms with Crippen LogP contribution in [0.1, 0.15) is 5.56 Å². The molecule has 0 fully saturated rings. The molecule has 0 saturated carbocycles. The highest BCUT2D eigenvalue weighted by molar-refractivity contribution is 5.33. The Morgan fingerprint density at radius 1 is 1.55 bits per heavy atom. The zero-order valence-corrected chi connectivity index (χ0v) is 5.73. The number of benzene rings is 1. The van der Waals surface area contributed by atoms with Gasteiger partial charge in [-0.1, -0.05) is 12.1 Å². The number of nitro benzene ring substituents is 1. The summed E-state index contributed by atoms with van der Waals surface area (Å²) in [6, 6.07) is 5.91. The molecular weight excluding hydrogens is 148 g/mol. The molecule has 58 valence electrons. The number of nitro groups is 1. The lowest BCUT2D eigenvalue weighted by molar-refractivity contribution is -0.384. The van der Waals surface area contributed by atoms with Crippen molar-refractivity contribution in [2.24, 2.45) is 0 Å². The lowest BCUT2D eigenvalue weighted by atomic mass is 10.2. The minimum absolute atomic E-state index is 0.0107. The van der Waals surface area contributed by atoms with Crippen LogP contribution in [0.25, 0.3) is 0 Å². The van der Waals surface area contributed by atoms with E-state index in [-0.39, 0.29) is 12.3 Å². The summed E-state index contributed by atoms with van der Waals surface area (Å²) in [5.74, 6) is 0. The minimum atomic E-state index is -0.487. The molecule has 0 heterocycles. The second-order valence-electron chi connectivity index (χ2n) is 2.09. The fourth-order valence-corrected chi connectivity index (χ4v) is 0.768. The average molecular weight is 155 g/mol. The monoisotopic (exact) mass is 155 g/mol. The van der Waals surface area contributed by atoms with Gasteiger partial charge in [-0.15, -0.1) is 0 Å². The van der Waals surface area contributed by atoms with E-state index in [1.807, 2.05) is 0 Å². The third kappa shape index (κ3) is 1.75. The van der Waals surface area contributed by atoms with Crippen LogP contribution in [0, 0.1) is 10.1 Å². The Kier molecular flexibility index (Phi) is 2.18. The van der Waals surface area contributed by atoms with Crippen LogP contribution >= 0.6 is 0 Å². The molecule has 1 N–H and O–H groups in total. The molecule has 0 radical (unpaired) electrons. The maximum Gasteiger partial charge on any atom is 0.269 e. The maximum absolute atomic E-state index is 10.2. The molecule has 0 saturated heterocycles. The second kappa shape index (κ2) is 3.12. The number of hydrogen-bond donors (Lipinski definition) is 1. The van der Waals surface area contributed by atoms with Crippen molar-refractivity contribution in [2.45, 2.75) is 6.61 Å². The Morgan fingerprint density at radius 2 is 2.27 bits per heavy atom. The van der Waals surface area contributed by atoms with Crippen LogP contribution in [0.4, 0.5) is 5.69 Å². The summed E-state index contributed by atoms with van der Waals surface area (Å²) in [6.07, 6.45) is 0. The van der Waals surface area contributed by atoms with E-state index < -0.39 is 4.92 Å². The van der Waals surface area contributed by atoms with Crippen LogP contribution in [0.15, 0.2) is 24.3 Å². The van der Waals surface area contributed by atoms with Gasteiger partial charge in [0.25, 0.3) is 5.69 Å². The third-order valence-corrected chi connectivity index (χ3v) is 1.30. The lowest BCUT2D eigenvalue weighted by Crippen LogP contribution is -1.89. The molecule has 0 aromatic heterocycles. The van der Waals surface area contributed by atoms with E-state index in [1.165, 1.54) is 12.1 Å². The van der Waals surface area contributed by atoms with Crippen molar-refractivity contribution in [1.82, 2.24) is 0 Å². The van der Waals surface area contributed by atoms with Gasteiger partial charge in [-0.3, -0.25) is 10.1 Å². The van der Waals surface area contributed by atoms with Gasteiger partial charge in [-0.05, 0) is 5.56 Å². The van der Waals surface area contributed by atoms with Crippen LogP contribution < -0.4 is 0 Å². The molecule has 0 aliphatic rings. The lowest BCUT2D eigenvalue weighted by Gasteiger charge is -1.93. The molecule has 1 rings (SSSR count). The van der Waals surface area contributed by atoms with E-state index in [2.05, 4.69) is 0 Å². The van der Waals surface area contributed by atoms with Gasteiger partial charge in [0.15, 0.2) is 0 Å². The zero-order chi connectivity index (χ0) is 8.27. The third-order valence-electron chi connectivity index (χ3n) is 1.30. The number of rotatable bonds is 2. The molecule has 0 bridgehead atoms. The topological polar surface area (TPSA) is 63.4 Å².